The fourth-order valence-corrected chi connectivity index (χ4v) is 4.46. The number of aromatic nitrogens is 1. The second-order valence-electron chi connectivity index (χ2n) is 9.25. The van der Waals surface area contributed by atoms with Gasteiger partial charge < -0.3 is 5.32 Å². The SMILES string of the molecule is C=CC(=NCC(C)(C)C(CCC)CCC)NC(N=C(C=C)Sc1cccnc1C(F)(F)F)=C(C)C. The number of pyridine rings is 1. The minimum Gasteiger partial charge on any atom is -0.325 e. The molecule has 0 unspecified atom stereocenters. The summed E-state index contributed by atoms with van der Waals surface area (Å²) in [4.78, 5) is 12.8. The van der Waals surface area contributed by atoms with Gasteiger partial charge in [-0.3, -0.25) is 9.98 Å². The zero-order chi connectivity index (χ0) is 26.6. The number of allylic oxidation sites excluding steroid dienone is 1. The Labute approximate surface area is 213 Å². The molecule has 1 aromatic rings. The summed E-state index contributed by atoms with van der Waals surface area (Å²) in [6.07, 6.45) is 4.21. The van der Waals surface area contributed by atoms with E-state index >= 15 is 0 Å². The number of alkyl halides is 3. The summed E-state index contributed by atoms with van der Waals surface area (Å²) in [7, 11) is 0. The summed E-state index contributed by atoms with van der Waals surface area (Å²) in [5.74, 6) is 1.62. The molecule has 0 atom stereocenters. The summed E-state index contributed by atoms with van der Waals surface area (Å²) in [6, 6.07) is 2.84. The highest BCUT2D eigenvalue weighted by Gasteiger charge is 2.35. The first kappa shape index (κ1) is 30.7. The standard InChI is InChI=1S/C27H39F3N4S/c1-9-14-20(15-10-2)26(7,8)18-32-22(11-3)33-25(19(5)6)34-23(12-4)35-21-16-13-17-31-24(21)27(28,29)30/h11-13,16-17,20H,3-4,9-10,14-15,18H2,1-2,5-8H3,(H,32,33). The van der Waals surface area contributed by atoms with E-state index in [0.29, 0.717) is 29.2 Å². The third kappa shape index (κ3) is 10.0. The third-order valence-corrected chi connectivity index (χ3v) is 6.62. The van der Waals surface area contributed by atoms with Crippen molar-refractivity contribution in [1.29, 1.82) is 0 Å². The number of amidine groups is 1. The summed E-state index contributed by atoms with van der Waals surface area (Å²) < 4.78 is 40.1. The molecule has 8 heteroatoms. The number of nitrogens with one attached hydrogen (secondary N) is 1. The van der Waals surface area contributed by atoms with Crippen molar-refractivity contribution in [2.45, 2.75) is 78.3 Å². The number of rotatable bonds is 12. The Hall–Kier alpha value is -2.35. The van der Waals surface area contributed by atoms with Crippen molar-refractivity contribution in [2.75, 3.05) is 6.54 Å². The van der Waals surface area contributed by atoms with Crippen molar-refractivity contribution in [1.82, 2.24) is 10.3 Å². The van der Waals surface area contributed by atoms with E-state index in [1.165, 1.54) is 18.2 Å². The van der Waals surface area contributed by atoms with Crippen molar-refractivity contribution in [2.24, 2.45) is 21.3 Å². The zero-order valence-electron chi connectivity index (χ0n) is 21.8. The van der Waals surface area contributed by atoms with Crippen molar-refractivity contribution in [3.8, 4) is 0 Å². The van der Waals surface area contributed by atoms with Gasteiger partial charge in [0.15, 0.2) is 5.69 Å². The number of aliphatic imine (C=N–C) groups is 2. The van der Waals surface area contributed by atoms with Crippen LogP contribution in [0.15, 0.2) is 69.9 Å². The van der Waals surface area contributed by atoms with Crippen LogP contribution in [0, 0.1) is 11.3 Å². The lowest BCUT2D eigenvalue weighted by atomic mass is 9.74. The highest BCUT2D eigenvalue weighted by molar-refractivity contribution is 8.14. The van der Waals surface area contributed by atoms with Gasteiger partial charge in [-0.05, 0) is 55.0 Å². The van der Waals surface area contributed by atoms with E-state index in [-0.39, 0.29) is 10.3 Å². The van der Waals surface area contributed by atoms with Gasteiger partial charge in [-0.25, -0.2) is 4.99 Å². The van der Waals surface area contributed by atoms with Gasteiger partial charge in [-0.1, -0.05) is 78.3 Å². The van der Waals surface area contributed by atoms with Crippen LogP contribution >= 0.6 is 11.8 Å². The first-order chi connectivity index (χ1) is 16.4. The van der Waals surface area contributed by atoms with E-state index in [1.807, 2.05) is 13.8 Å². The maximum absolute atomic E-state index is 13.4. The van der Waals surface area contributed by atoms with Gasteiger partial charge in [0.2, 0.25) is 0 Å². The Morgan fingerprint density at radius 2 is 1.77 bits per heavy atom. The predicted octanol–water partition coefficient (Wildman–Crippen LogP) is 8.45. The third-order valence-electron chi connectivity index (χ3n) is 5.60. The number of nitrogens with zero attached hydrogens (tertiary/aromatic N) is 3. The predicted molar refractivity (Wildman–Crippen MR) is 144 cm³/mol. The Kier molecular flexibility index (Phi) is 12.5. The quantitative estimate of drug-likeness (QED) is 0.175. The molecule has 0 spiro atoms. The summed E-state index contributed by atoms with van der Waals surface area (Å²) in [6.45, 7) is 20.9. The zero-order valence-corrected chi connectivity index (χ0v) is 22.6. The molecule has 0 aliphatic heterocycles. The van der Waals surface area contributed by atoms with Crippen LogP contribution in [0.5, 0.6) is 0 Å². The van der Waals surface area contributed by atoms with E-state index in [1.54, 1.807) is 6.08 Å². The van der Waals surface area contributed by atoms with Gasteiger partial charge in [-0.15, -0.1) is 0 Å². The monoisotopic (exact) mass is 508 g/mol. The van der Waals surface area contributed by atoms with Crippen molar-refractivity contribution < 1.29 is 13.2 Å². The van der Waals surface area contributed by atoms with Gasteiger partial charge in [0.05, 0.1) is 0 Å². The molecule has 0 fully saturated rings. The molecule has 1 aromatic heterocycles. The maximum atomic E-state index is 13.4. The Bertz CT molecular complexity index is 936. The molecule has 0 bridgehead atoms. The molecule has 0 radical (unpaired) electrons. The van der Waals surface area contributed by atoms with Crippen LogP contribution in [-0.2, 0) is 6.18 Å². The molecular formula is C27H39F3N4S. The van der Waals surface area contributed by atoms with Gasteiger partial charge in [-0.2, -0.15) is 13.2 Å². The second-order valence-corrected chi connectivity index (χ2v) is 10.3. The van der Waals surface area contributed by atoms with E-state index in [9.17, 15) is 13.2 Å². The van der Waals surface area contributed by atoms with Crippen LogP contribution in [0.25, 0.3) is 0 Å². The van der Waals surface area contributed by atoms with Crippen LogP contribution in [0.1, 0.15) is 72.9 Å². The lowest BCUT2D eigenvalue weighted by molar-refractivity contribution is -0.143. The molecule has 0 saturated heterocycles. The molecule has 0 amide bonds. The maximum Gasteiger partial charge on any atom is 0.434 e. The van der Waals surface area contributed by atoms with Crippen LogP contribution in [-0.4, -0.2) is 22.4 Å². The first-order valence-electron chi connectivity index (χ1n) is 11.9. The number of hydrogen-bond donors (Lipinski definition) is 1. The Morgan fingerprint density at radius 3 is 2.26 bits per heavy atom. The molecule has 4 nitrogen and oxygen atoms in total. The molecule has 35 heavy (non-hydrogen) atoms. The fraction of sp³-hybridized carbons (Fsp3) is 0.519. The molecule has 0 aliphatic carbocycles. The van der Waals surface area contributed by atoms with Crippen molar-refractivity contribution in [3.05, 3.63) is 60.7 Å². The first-order valence-corrected chi connectivity index (χ1v) is 12.7. The lowest BCUT2D eigenvalue weighted by Gasteiger charge is -2.33. The fourth-order valence-electron chi connectivity index (χ4n) is 3.60. The van der Waals surface area contributed by atoms with E-state index in [2.05, 4.69) is 56.1 Å². The van der Waals surface area contributed by atoms with E-state index in [0.717, 1.165) is 49.2 Å². The number of thioether (sulfide) groups is 1. The normalized spacial score (nSPS) is 13.1. The molecule has 1 rings (SSSR count). The average Bonchev–Trinajstić information content (AvgIpc) is 2.79. The number of hydrogen-bond acceptors (Lipinski definition) is 4. The van der Waals surface area contributed by atoms with Crippen LogP contribution in [0.3, 0.4) is 0 Å². The summed E-state index contributed by atoms with van der Waals surface area (Å²) in [5, 5.41) is 3.51. The Balaban J connectivity index is 3.18. The van der Waals surface area contributed by atoms with Gasteiger partial charge in [0.1, 0.15) is 16.7 Å². The topological polar surface area (TPSA) is 49.6 Å². The second kappa shape index (κ2) is 14.3. The van der Waals surface area contributed by atoms with Gasteiger partial charge in [0.25, 0.3) is 0 Å². The minimum atomic E-state index is -4.56. The van der Waals surface area contributed by atoms with Crippen molar-refractivity contribution >= 4 is 22.6 Å². The van der Waals surface area contributed by atoms with Crippen LogP contribution < -0.4 is 5.32 Å². The smallest absolute Gasteiger partial charge is 0.325 e. The highest BCUT2D eigenvalue weighted by Crippen LogP contribution is 2.36. The highest BCUT2D eigenvalue weighted by atomic mass is 32.2. The van der Waals surface area contributed by atoms with Gasteiger partial charge in [0, 0.05) is 17.6 Å². The summed E-state index contributed by atoms with van der Waals surface area (Å²) in [5.41, 5.74) is -0.0846. The average molecular weight is 509 g/mol. The molecule has 1 N–H and O–H groups in total. The van der Waals surface area contributed by atoms with Crippen molar-refractivity contribution in [3.63, 3.8) is 0 Å². The van der Waals surface area contributed by atoms with Gasteiger partial charge >= 0.3 is 6.18 Å². The molecule has 194 valence electrons. The lowest BCUT2D eigenvalue weighted by Crippen LogP contribution is -2.29. The molecule has 1 heterocycles. The van der Waals surface area contributed by atoms with Crippen LogP contribution in [0.4, 0.5) is 13.2 Å². The Morgan fingerprint density at radius 1 is 1.14 bits per heavy atom. The van der Waals surface area contributed by atoms with E-state index in [4.69, 9.17) is 4.99 Å². The largest absolute Gasteiger partial charge is 0.434 e. The molecular weight excluding hydrogens is 469 g/mol. The van der Waals surface area contributed by atoms with E-state index < -0.39 is 11.9 Å². The number of halogens is 3. The molecule has 0 aromatic carbocycles. The van der Waals surface area contributed by atoms with Crippen LogP contribution in [0.2, 0.25) is 0 Å². The summed E-state index contributed by atoms with van der Waals surface area (Å²) >= 11 is 0.865. The molecule has 0 saturated carbocycles. The minimum absolute atomic E-state index is 0.0206. The molecule has 0 aliphatic rings.